The number of hydrogen-bond acceptors (Lipinski definition) is 5. The second-order valence-corrected chi connectivity index (χ2v) is 4.68. The van der Waals surface area contributed by atoms with Gasteiger partial charge >= 0.3 is 0 Å². The Morgan fingerprint density at radius 3 is 2.87 bits per heavy atom. The van der Waals surface area contributed by atoms with Gasteiger partial charge in [0.05, 0.1) is 6.04 Å². The quantitative estimate of drug-likeness (QED) is 0.742. The highest BCUT2D eigenvalue weighted by molar-refractivity contribution is 7.12. The van der Waals surface area contributed by atoms with Crippen molar-refractivity contribution in [2.45, 2.75) is 19.9 Å². The molecule has 2 aromatic heterocycles. The first kappa shape index (κ1) is 9.97. The van der Waals surface area contributed by atoms with Crippen molar-refractivity contribution in [1.29, 1.82) is 0 Å². The lowest BCUT2D eigenvalue weighted by atomic mass is 10.3. The maximum atomic E-state index is 5.43. The Morgan fingerprint density at radius 2 is 2.33 bits per heavy atom. The Kier molecular flexibility index (Phi) is 2.59. The van der Waals surface area contributed by atoms with Crippen LogP contribution in [-0.4, -0.2) is 15.2 Å². The van der Waals surface area contributed by atoms with Crippen molar-refractivity contribution >= 4 is 23.2 Å². The van der Waals surface area contributed by atoms with Crippen LogP contribution in [-0.2, 0) is 0 Å². The number of anilines is 2. The summed E-state index contributed by atoms with van der Waals surface area (Å²) in [5.41, 5.74) is 5.43. The van der Waals surface area contributed by atoms with Gasteiger partial charge in [0.25, 0.3) is 0 Å². The Balaban J connectivity index is 2.06. The van der Waals surface area contributed by atoms with E-state index in [0.29, 0.717) is 11.9 Å². The van der Waals surface area contributed by atoms with Gasteiger partial charge in [0, 0.05) is 9.75 Å². The van der Waals surface area contributed by atoms with Crippen molar-refractivity contribution < 1.29 is 0 Å². The first-order valence-electron chi connectivity index (χ1n) is 4.66. The molecule has 0 fully saturated rings. The van der Waals surface area contributed by atoms with Gasteiger partial charge < -0.3 is 11.1 Å². The molecular weight excluding hydrogens is 210 g/mol. The summed E-state index contributed by atoms with van der Waals surface area (Å²) in [5.74, 6) is 0.859. The Morgan fingerprint density at radius 1 is 1.53 bits per heavy atom. The van der Waals surface area contributed by atoms with Crippen LogP contribution in [0, 0.1) is 6.92 Å². The summed E-state index contributed by atoms with van der Waals surface area (Å²) in [6.07, 6.45) is 0. The summed E-state index contributed by atoms with van der Waals surface area (Å²) in [4.78, 5) is 6.55. The predicted molar refractivity (Wildman–Crippen MR) is 61.9 cm³/mol. The van der Waals surface area contributed by atoms with Crippen molar-refractivity contribution in [3.05, 3.63) is 21.9 Å². The molecular formula is C9H13N5S. The van der Waals surface area contributed by atoms with Gasteiger partial charge in [-0.15, -0.1) is 16.4 Å². The lowest BCUT2D eigenvalue weighted by Gasteiger charge is -2.09. The van der Waals surface area contributed by atoms with Crippen molar-refractivity contribution in [1.82, 2.24) is 15.2 Å². The molecule has 1 atom stereocenters. The molecule has 2 aromatic rings. The lowest BCUT2D eigenvalue weighted by Crippen LogP contribution is -2.06. The van der Waals surface area contributed by atoms with Crippen LogP contribution < -0.4 is 11.1 Å². The fourth-order valence-corrected chi connectivity index (χ4v) is 2.17. The summed E-state index contributed by atoms with van der Waals surface area (Å²) >= 11 is 1.76. The number of aromatic amines is 1. The van der Waals surface area contributed by atoms with Crippen LogP contribution in [0.3, 0.4) is 0 Å². The number of hydrogen-bond donors (Lipinski definition) is 3. The van der Waals surface area contributed by atoms with E-state index in [1.165, 1.54) is 9.75 Å². The average molecular weight is 223 g/mol. The molecule has 0 aliphatic rings. The molecule has 4 N–H and O–H groups in total. The van der Waals surface area contributed by atoms with Crippen molar-refractivity contribution in [2.75, 3.05) is 11.1 Å². The van der Waals surface area contributed by atoms with Crippen molar-refractivity contribution in [2.24, 2.45) is 0 Å². The number of rotatable bonds is 3. The number of nitrogens with zero attached hydrogens (tertiary/aromatic N) is 2. The molecule has 0 saturated carbocycles. The third kappa shape index (κ3) is 2.27. The van der Waals surface area contributed by atoms with E-state index in [0.717, 1.165) is 0 Å². The van der Waals surface area contributed by atoms with Gasteiger partial charge in [-0.3, -0.25) is 0 Å². The van der Waals surface area contributed by atoms with Gasteiger partial charge in [-0.05, 0) is 26.0 Å². The van der Waals surface area contributed by atoms with Gasteiger partial charge in [0.15, 0.2) is 0 Å². The number of nitrogen functional groups attached to an aromatic ring is 1. The monoisotopic (exact) mass is 223 g/mol. The molecule has 0 saturated heterocycles. The molecule has 80 valence electrons. The molecule has 0 spiro atoms. The normalized spacial score (nSPS) is 12.7. The smallest absolute Gasteiger partial charge is 0.244 e. The molecule has 2 rings (SSSR count). The van der Waals surface area contributed by atoms with Crippen LogP contribution in [0.2, 0.25) is 0 Å². The number of thiophene rings is 1. The van der Waals surface area contributed by atoms with Gasteiger partial charge in [-0.25, -0.2) is 5.10 Å². The van der Waals surface area contributed by atoms with E-state index in [4.69, 9.17) is 5.73 Å². The molecule has 5 nitrogen and oxygen atoms in total. The van der Waals surface area contributed by atoms with E-state index < -0.39 is 0 Å². The molecule has 0 aromatic carbocycles. The van der Waals surface area contributed by atoms with E-state index in [1.807, 2.05) is 0 Å². The second kappa shape index (κ2) is 3.90. The SMILES string of the molecule is Cc1ccc(C(C)Nc2n[nH]c(N)n2)s1. The van der Waals surface area contributed by atoms with E-state index in [2.05, 4.69) is 46.5 Å². The zero-order chi connectivity index (χ0) is 10.8. The van der Waals surface area contributed by atoms with Gasteiger partial charge in [0.2, 0.25) is 11.9 Å². The molecule has 1 unspecified atom stereocenters. The molecule has 6 heteroatoms. The van der Waals surface area contributed by atoms with Crippen LogP contribution in [0.25, 0.3) is 0 Å². The minimum Gasteiger partial charge on any atom is -0.368 e. The fourth-order valence-electron chi connectivity index (χ4n) is 1.29. The van der Waals surface area contributed by atoms with Crippen LogP contribution in [0.1, 0.15) is 22.7 Å². The summed E-state index contributed by atoms with van der Waals surface area (Å²) in [6, 6.07) is 4.40. The number of nitrogens with two attached hydrogens (primary N) is 1. The van der Waals surface area contributed by atoms with Crippen LogP contribution in [0.15, 0.2) is 12.1 Å². The number of nitrogens with one attached hydrogen (secondary N) is 2. The highest BCUT2D eigenvalue weighted by Crippen LogP contribution is 2.24. The van der Waals surface area contributed by atoms with Gasteiger partial charge in [-0.1, -0.05) is 0 Å². The number of aryl methyl sites for hydroxylation is 1. The minimum atomic E-state index is 0.193. The highest BCUT2D eigenvalue weighted by atomic mass is 32.1. The minimum absolute atomic E-state index is 0.193. The Labute approximate surface area is 91.7 Å². The maximum absolute atomic E-state index is 5.43. The predicted octanol–water partition coefficient (Wildman–Crippen LogP) is 1.93. The average Bonchev–Trinajstić information content (AvgIpc) is 2.75. The second-order valence-electron chi connectivity index (χ2n) is 3.36. The van der Waals surface area contributed by atoms with E-state index in [-0.39, 0.29) is 6.04 Å². The number of H-pyrrole nitrogens is 1. The van der Waals surface area contributed by atoms with Crippen LogP contribution >= 0.6 is 11.3 Å². The largest absolute Gasteiger partial charge is 0.368 e. The van der Waals surface area contributed by atoms with Crippen LogP contribution in [0.4, 0.5) is 11.9 Å². The first-order valence-corrected chi connectivity index (χ1v) is 5.47. The molecule has 2 heterocycles. The summed E-state index contributed by atoms with van der Waals surface area (Å²) in [6.45, 7) is 4.16. The molecule has 0 bridgehead atoms. The fraction of sp³-hybridized carbons (Fsp3) is 0.333. The van der Waals surface area contributed by atoms with E-state index in [9.17, 15) is 0 Å². The standard InChI is InChI=1S/C9H13N5S/c1-5-3-4-7(15-5)6(2)11-9-12-8(10)13-14-9/h3-4,6H,1-2H3,(H4,10,11,12,13,14). The van der Waals surface area contributed by atoms with E-state index >= 15 is 0 Å². The van der Waals surface area contributed by atoms with Crippen molar-refractivity contribution in [3.63, 3.8) is 0 Å². The zero-order valence-corrected chi connectivity index (χ0v) is 9.43. The van der Waals surface area contributed by atoms with Gasteiger partial charge in [-0.2, -0.15) is 4.98 Å². The van der Waals surface area contributed by atoms with Crippen LogP contribution in [0.5, 0.6) is 0 Å². The maximum Gasteiger partial charge on any atom is 0.244 e. The molecule has 15 heavy (non-hydrogen) atoms. The molecule has 0 aliphatic carbocycles. The topological polar surface area (TPSA) is 79.6 Å². The zero-order valence-electron chi connectivity index (χ0n) is 8.61. The van der Waals surface area contributed by atoms with E-state index in [1.54, 1.807) is 11.3 Å². The van der Waals surface area contributed by atoms with Gasteiger partial charge in [0.1, 0.15) is 0 Å². The third-order valence-corrected chi connectivity index (χ3v) is 3.22. The summed E-state index contributed by atoms with van der Waals surface area (Å²) in [5, 5.41) is 9.68. The highest BCUT2D eigenvalue weighted by Gasteiger charge is 2.09. The third-order valence-electron chi connectivity index (χ3n) is 2.04. The molecule has 0 amide bonds. The van der Waals surface area contributed by atoms with Crippen molar-refractivity contribution in [3.8, 4) is 0 Å². The molecule has 0 aliphatic heterocycles. The summed E-state index contributed by atoms with van der Waals surface area (Å²) in [7, 11) is 0. The summed E-state index contributed by atoms with van der Waals surface area (Å²) < 4.78 is 0. The lowest BCUT2D eigenvalue weighted by molar-refractivity contribution is 0.882. The Hall–Kier alpha value is -1.56. The first-order chi connectivity index (χ1) is 7.15. The Bertz CT molecular complexity index is 447. The molecule has 0 radical (unpaired) electrons. The number of aromatic nitrogens is 3.